The van der Waals surface area contributed by atoms with Gasteiger partial charge in [0.2, 0.25) is 5.91 Å². The van der Waals surface area contributed by atoms with Crippen LogP contribution in [0.3, 0.4) is 0 Å². The number of amides is 2. The molecular weight excluding hydrogens is 404 g/mol. The molecule has 0 radical (unpaired) electrons. The first-order valence-corrected chi connectivity index (χ1v) is 10.8. The SMILES string of the molecule is Cc1cc2cc(C(=O)N3CCCC(C(=O)Nc4ccc(-c5ccco5)cc4)C3)ccc2o1. The minimum Gasteiger partial charge on any atom is -0.464 e. The van der Waals surface area contributed by atoms with Crippen molar-refractivity contribution in [3.63, 3.8) is 0 Å². The Morgan fingerprint density at radius 1 is 1.06 bits per heavy atom. The Kier molecular flexibility index (Phi) is 5.27. The second-order valence-electron chi connectivity index (χ2n) is 8.24. The van der Waals surface area contributed by atoms with Crippen molar-refractivity contribution in [2.45, 2.75) is 19.8 Å². The molecular formula is C26H24N2O4. The Labute approximate surface area is 185 Å². The molecule has 0 saturated carbocycles. The maximum atomic E-state index is 13.1. The Bertz CT molecular complexity index is 1250. The highest BCUT2D eigenvalue weighted by molar-refractivity contribution is 5.99. The number of nitrogens with one attached hydrogen (secondary N) is 1. The van der Waals surface area contributed by atoms with Gasteiger partial charge in [-0.1, -0.05) is 0 Å². The van der Waals surface area contributed by atoms with Crippen LogP contribution < -0.4 is 5.32 Å². The van der Waals surface area contributed by atoms with E-state index in [1.807, 2.05) is 61.5 Å². The van der Waals surface area contributed by atoms with E-state index in [2.05, 4.69) is 5.32 Å². The zero-order chi connectivity index (χ0) is 22.1. The van der Waals surface area contributed by atoms with E-state index in [1.165, 1.54) is 0 Å². The zero-order valence-corrected chi connectivity index (χ0v) is 17.8. The first kappa shape index (κ1) is 20.1. The lowest BCUT2D eigenvalue weighted by Gasteiger charge is -2.32. The van der Waals surface area contributed by atoms with Crippen LogP contribution in [0.25, 0.3) is 22.3 Å². The summed E-state index contributed by atoms with van der Waals surface area (Å²) in [6, 6.07) is 18.7. The summed E-state index contributed by atoms with van der Waals surface area (Å²) in [4.78, 5) is 27.7. The summed E-state index contributed by atoms with van der Waals surface area (Å²) in [5, 5.41) is 3.90. The number of furan rings is 2. The summed E-state index contributed by atoms with van der Waals surface area (Å²) < 4.78 is 11.0. The molecule has 32 heavy (non-hydrogen) atoms. The van der Waals surface area contributed by atoms with Gasteiger partial charge in [0.25, 0.3) is 5.91 Å². The molecule has 3 heterocycles. The van der Waals surface area contributed by atoms with Crippen LogP contribution in [0.1, 0.15) is 29.0 Å². The first-order chi connectivity index (χ1) is 15.6. The zero-order valence-electron chi connectivity index (χ0n) is 17.8. The molecule has 162 valence electrons. The third kappa shape index (κ3) is 4.04. The van der Waals surface area contributed by atoms with Crippen LogP contribution >= 0.6 is 0 Å². The summed E-state index contributed by atoms with van der Waals surface area (Å²) >= 11 is 0. The fourth-order valence-electron chi connectivity index (χ4n) is 4.27. The van der Waals surface area contributed by atoms with Crippen LogP contribution in [-0.2, 0) is 4.79 Å². The number of benzene rings is 2. The lowest BCUT2D eigenvalue weighted by molar-refractivity contribution is -0.121. The van der Waals surface area contributed by atoms with E-state index >= 15 is 0 Å². The molecule has 0 aliphatic carbocycles. The standard InChI is InChI=1S/C26H24N2O4/c1-17-14-21-15-19(8-11-24(21)32-17)26(30)28-12-2-4-20(16-28)25(29)27-22-9-6-18(7-10-22)23-5-3-13-31-23/h3,5-11,13-15,20H,2,4,12,16H2,1H3,(H,27,29). The van der Waals surface area contributed by atoms with E-state index in [-0.39, 0.29) is 17.7 Å². The van der Waals surface area contributed by atoms with E-state index in [0.717, 1.165) is 46.6 Å². The first-order valence-electron chi connectivity index (χ1n) is 10.8. The third-order valence-corrected chi connectivity index (χ3v) is 5.92. The van der Waals surface area contributed by atoms with Crippen molar-refractivity contribution < 1.29 is 18.4 Å². The molecule has 1 aliphatic heterocycles. The number of aryl methyl sites for hydroxylation is 1. The Morgan fingerprint density at radius 2 is 1.91 bits per heavy atom. The van der Waals surface area contributed by atoms with Crippen LogP contribution in [0, 0.1) is 12.8 Å². The van der Waals surface area contributed by atoms with Crippen molar-refractivity contribution in [2.24, 2.45) is 5.92 Å². The normalized spacial score (nSPS) is 16.3. The second kappa shape index (κ2) is 8.38. The van der Waals surface area contributed by atoms with Crippen LogP contribution in [0.2, 0.25) is 0 Å². The molecule has 5 rings (SSSR count). The number of piperidine rings is 1. The van der Waals surface area contributed by atoms with Gasteiger partial charge in [-0.3, -0.25) is 9.59 Å². The smallest absolute Gasteiger partial charge is 0.253 e. The summed E-state index contributed by atoms with van der Waals surface area (Å²) in [6.45, 7) is 2.96. The maximum absolute atomic E-state index is 13.1. The highest BCUT2D eigenvalue weighted by Crippen LogP contribution is 2.25. The molecule has 1 atom stereocenters. The number of carbonyl (C=O) groups is 2. The number of carbonyl (C=O) groups excluding carboxylic acids is 2. The molecule has 0 spiro atoms. The fourth-order valence-corrected chi connectivity index (χ4v) is 4.27. The summed E-state index contributed by atoms with van der Waals surface area (Å²) in [5.74, 6) is 1.25. The molecule has 1 unspecified atom stereocenters. The Morgan fingerprint density at radius 3 is 2.69 bits per heavy atom. The number of hydrogen-bond donors (Lipinski definition) is 1. The van der Waals surface area contributed by atoms with E-state index in [1.54, 1.807) is 17.2 Å². The molecule has 2 aromatic heterocycles. The lowest BCUT2D eigenvalue weighted by atomic mass is 9.96. The van der Waals surface area contributed by atoms with Gasteiger partial charge < -0.3 is 19.1 Å². The van der Waals surface area contributed by atoms with Gasteiger partial charge in [0.1, 0.15) is 17.1 Å². The van der Waals surface area contributed by atoms with Gasteiger partial charge >= 0.3 is 0 Å². The molecule has 2 aromatic carbocycles. The minimum atomic E-state index is -0.239. The Hall–Kier alpha value is -3.80. The summed E-state index contributed by atoms with van der Waals surface area (Å²) in [6.07, 6.45) is 3.20. The lowest BCUT2D eigenvalue weighted by Crippen LogP contribution is -2.43. The molecule has 0 bridgehead atoms. The van der Waals surface area contributed by atoms with Gasteiger partial charge in [0.15, 0.2) is 0 Å². The van der Waals surface area contributed by atoms with E-state index in [0.29, 0.717) is 18.7 Å². The van der Waals surface area contributed by atoms with Gasteiger partial charge in [0.05, 0.1) is 12.2 Å². The predicted molar refractivity (Wildman–Crippen MR) is 122 cm³/mol. The Balaban J connectivity index is 1.24. The van der Waals surface area contributed by atoms with Crippen LogP contribution in [0.5, 0.6) is 0 Å². The second-order valence-corrected chi connectivity index (χ2v) is 8.24. The molecule has 4 aromatic rings. The number of nitrogens with zero attached hydrogens (tertiary/aromatic N) is 1. The van der Waals surface area contributed by atoms with Crippen molar-refractivity contribution in [3.05, 3.63) is 78.3 Å². The molecule has 6 heteroatoms. The number of anilines is 1. The number of hydrogen-bond acceptors (Lipinski definition) is 4. The van der Waals surface area contributed by atoms with Crippen molar-refractivity contribution in [1.29, 1.82) is 0 Å². The van der Waals surface area contributed by atoms with E-state index < -0.39 is 0 Å². The van der Waals surface area contributed by atoms with Crippen LogP contribution in [0.4, 0.5) is 5.69 Å². The quantitative estimate of drug-likeness (QED) is 0.466. The largest absolute Gasteiger partial charge is 0.464 e. The summed E-state index contributed by atoms with van der Waals surface area (Å²) in [7, 11) is 0. The summed E-state index contributed by atoms with van der Waals surface area (Å²) in [5.41, 5.74) is 3.07. The number of rotatable bonds is 4. The maximum Gasteiger partial charge on any atom is 0.253 e. The highest BCUT2D eigenvalue weighted by Gasteiger charge is 2.29. The molecule has 6 nitrogen and oxygen atoms in total. The monoisotopic (exact) mass is 428 g/mol. The molecule has 1 N–H and O–H groups in total. The number of likely N-dealkylation sites (tertiary alicyclic amines) is 1. The molecule has 2 amide bonds. The fraction of sp³-hybridized carbons (Fsp3) is 0.231. The highest BCUT2D eigenvalue weighted by atomic mass is 16.3. The van der Waals surface area contributed by atoms with E-state index in [9.17, 15) is 9.59 Å². The third-order valence-electron chi connectivity index (χ3n) is 5.92. The van der Waals surface area contributed by atoms with Crippen molar-refractivity contribution in [2.75, 3.05) is 18.4 Å². The van der Waals surface area contributed by atoms with Crippen molar-refractivity contribution >= 4 is 28.5 Å². The van der Waals surface area contributed by atoms with Gasteiger partial charge in [0, 0.05) is 35.3 Å². The average Bonchev–Trinajstić information content (AvgIpc) is 3.48. The van der Waals surface area contributed by atoms with Gasteiger partial charge in [-0.15, -0.1) is 0 Å². The van der Waals surface area contributed by atoms with Crippen molar-refractivity contribution in [3.8, 4) is 11.3 Å². The van der Waals surface area contributed by atoms with E-state index in [4.69, 9.17) is 8.83 Å². The van der Waals surface area contributed by atoms with Gasteiger partial charge in [-0.05, 0) is 80.4 Å². The topological polar surface area (TPSA) is 75.7 Å². The van der Waals surface area contributed by atoms with Crippen LogP contribution in [0.15, 0.2) is 75.8 Å². The number of fused-ring (bicyclic) bond motifs is 1. The molecule has 1 fully saturated rings. The minimum absolute atomic E-state index is 0.0500. The molecule has 1 aliphatic rings. The molecule has 1 saturated heterocycles. The van der Waals surface area contributed by atoms with Gasteiger partial charge in [-0.25, -0.2) is 0 Å². The average molecular weight is 428 g/mol. The van der Waals surface area contributed by atoms with Crippen LogP contribution in [-0.4, -0.2) is 29.8 Å². The predicted octanol–water partition coefficient (Wildman–Crippen LogP) is 5.49. The van der Waals surface area contributed by atoms with Gasteiger partial charge in [-0.2, -0.15) is 0 Å². The van der Waals surface area contributed by atoms with Crippen molar-refractivity contribution in [1.82, 2.24) is 4.90 Å².